The topological polar surface area (TPSA) is 72.4 Å². The number of nitrogens with zero attached hydrogens (tertiary/aromatic N) is 3. The molecule has 0 spiro atoms. The molecule has 3 rings (SSSR count). The molecule has 1 aromatic carbocycles. The van der Waals surface area contributed by atoms with E-state index in [1.807, 2.05) is 0 Å². The van der Waals surface area contributed by atoms with E-state index in [4.69, 9.17) is 4.74 Å². The fourth-order valence-electron chi connectivity index (χ4n) is 2.55. The van der Waals surface area contributed by atoms with E-state index in [9.17, 15) is 21.6 Å². The first-order valence-corrected chi connectivity index (χ1v) is 8.89. The van der Waals surface area contributed by atoms with Gasteiger partial charge in [0.1, 0.15) is 22.6 Å². The summed E-state index contributed by atoms with van der Waals surface area (Å²) in [6, 6.07) is 2.24. The first-order chi connectivity index (χ1) is 11.9. The SMILES string of the molecule is O=S(=O)(c1ccc(F)cc1F)N1CCCC(Oc2ncc(F)cn2)C1. The first kappa shape index (κ1) is 17.6. The maximum Gasteiger partial charge on any atom is 0.316 e. The predicted molar refractivity (Wildman–Crippen MR) is 80.8 cm³/mol. The summed E-state index contributed by atoms with van der Waals surface area (Å²) in [5.74, 6) is -2.62. The molecule has 6 nitrogen and oxygen atoms in total. The number of hydrogen-bond acceptors (Lipinski definition) is 5. The van der Waals surface area contributed by atoms with Crippen LogP contribution in [0.4, 0.5) is 13.2 Å². The number of aromatic nitrogens is 2. The van der Waals surface area contributed by atoms with Crippen molar-refractivity contribution < 1.29 is 26.3 Å². The molecule has 2 heterocycles. The molecule has 0 aliphatic carbocycles. The van der Waals surface area contributed by atoms with E-state index in [2.05, 4.69) is 9.97 Å². The number of sulfonamides is 1. The van der Waals surface area contributed by atoms with Gasteiger partial charge in [0.15, 0.2) is 5.82 Å². The molecule has 0 radical (unpaired) electrons. The van der Waals surface area contributed by atoms with Crippen LogP contribution in [-0.2, 0) is 10.0 Å². The molecule has 1 aliphatic heterocycles. The number of hydrogen-bond donors (Lipinski definition) is 0. The fraction of sp³-hybridized carbons (Fsp3) is 0.333. The third-order valence-electron chi connectivity index (χ3n) is 3.72. The van der Waals surface area contributed by atoms with Gasteiger partial charge in [-0.25, -0.2) is 31.6 Å². The average Bonchev–Trinajstić information content (AvgIpc) is 2.57. The second-order valence-corrected chi connectivity index (χ2v) is 7.41. The minimum atomic E-state index is -4.13. The number of benzene rings is 1. The summed E-state index contributed by atoms with van der Waals surface area (Å²) >= 11 is 0. The van der Waals surface area contributed by atoms with Gasteiger partial charge in [-0.2, -0.15) is 4.31 Å². The molecule has 1 aliphatic rings. The molecule has 1 atom stereocenters. The van der Waals surface area contributed by atoms with Crippen molar-refractivity contribution >= 4 is 10.0 Å². The van der Waals surface area contributed by atoms with Crippen molar-refractivity contribution in [1.82, 2.24) is 14.3 Å². The first-order valence-electron chi connectivity index (χ1n) is 7.45. The van der Waals surface area contributed by atoms with E-state index in [0.29, 0.717) is 18.9 Å². The molecule has 1 unspecified atom stereocenters. The van der Waals surface area contributed by atoms with Gasteiger partial charge in [0.25, 0.3) is 0 Å². The molecule has 10 heteroatoms. The minimum absolute atomic E-state index is 0.0418. The smallest absolute Gasteiger partial charge is 0.316 e. The Morgan fingerprint density at radius 1 is 1.12 bits per heavy atom. The van der Waals surface area contributed by atoms with E-state index in [1.54, 1.807) is 0 Å². The van der Waals surface area contributed by atoms with Crippen molar-refractivity contribution in [1.29, 1.82) is 0 Å². The van der Waals surface area contributed by atoms with Crippen molar-refractivity contribution in [3.8, 4) is 6.01 Å². The molecule has 25 heavy (non-hydrogen) atoms. The molecule has 1 saturated heterocycles. The van der Waals surface area contributed by atoms with Gasteiger partial charge in [0, 0.05) is 12.6 Å². The van der Waals surface area contributed by atoms with Crippen LogP contribution < -0.4 is 4.74 Å². The zero-order valence-corrected chi connectivity index (χ0v) is 13.7. The van der Waals surface area contributed by atoms with E-state index < -0.39 is 38.5 Å². The van der Waals surface area contributed by atoms with Crippen LogP contribution in [0.2, 0.25) is 0 Å². The van der Waals surface area contributed by atoms with Crippen LogP contribution in [0.1, 0.15) is 12.8 Å². The lowest BCUT2D eigenvalue weighted by Crippen LogP contribution is -2.44. The summed E-state index contributed by atoms with van der Waals surface area (Å²) in [5.41, 5.74) is 0. The Kier molecular flexibility index (Phi) is 4.91. The quantitative estimate of drug-likeness (QED) is 0.821. The van der Waals surface area contributed by atoms with Gasteiger partial charge >= 0.3 is 6.01 Å². The van der Waals surface area contributed by atoms with E-state index in [0.717, 1.165) is 28.8 Å². The zero-order valence-electron chi connectivity index (χ0n) is 12.9. The third kappa shape index (κ3) is 3.90. The summed E-state index contributed by atoms with van der Waals surface area (Å²) in [7, 11) is -4.13. The second-order valence-electron chi connectivity index (χ2n) is 5.50. The number of ether oxygens (including phenoxy) is 1. The summed E-state index contributed by atoms with van der Waals surface area (Å²) in [4.78, 5) is 6.74. The standard InChI is InChI=1S/C15H14F3N3O3S/c16-10-3-4-14(13(18)6-10)25(22,23)21-5-1-2-12(9-21)24-15-19-7-11(17)8-20-15/h3-4,6-8,12H,1-2,5,9H2. The highest BCUT2D eigenvalue weighted by Gasteiger charge is 2.33. The van der Waals surface area contributed by atoms with Crippen LogP contribution in [0.25, 0.3) is 0 Å². The Labute approximate surface area is 142 Å². The highest BCUT2D eigenvalue weighted by atomic mass is 32.2. The van der Waals surface area contributed by atoms with Crippen LogP contribution in [0.15, 0.2) is 35.5 Å². The molecule has 0 N–H and O–H groups in total. The Hall–Kier alpha value is -2.20. The lowest BCUT2D eigenvalue weighted by molar-refractivity contribution is 0.118. The molecular formula is C15H14F3N3O3S. The Morgan fingerprint density at radius 2 is 1.84 bits per heavy atom. The number of halogens is 3. The van der Waals surface area contributed by atoms with E-state index in [1.165, 1.54) is 0 Å². The van der Waals surface area contributed by atoms with Crippen molar-refractivity contribution in [3.63, 3.8) is 0 Å². The maximum atomic E-state index is 13.9. The highest BCUT2D eigenvalue weighted by molar-refractivity contribution is 7.89. The maximum absolute atomic E-state index is 13.9. The van der Waals surface area contributed by atoms with Crippen LogP contribution in [0.5, 0.6) is 6.01 Å². The van der Waals surface area contributed by atoms with Crippen molar-refractivity contribution in [2.75, 3.05) is 13.1 Å². The lowest BCUT2D eigenvalue weighted by atomic mass is 10.1. The summed E-state index contributed by atoms with van der Waals surface area (Å²) < 4.78 is 71.4. The van der Waals surface area contributed by atoms with Crippen LogP contribution in [0.3, 0.4) is 0 Å². The van der Waals surface area contributed by atoms with Gasteiger partial charge in [-0.1, -0.05) is 0 Å². The lowest BCUT2D eigenvalue weighted by Gasteiger charge is -2.31. The van der Waals surface area contributed by atoms with Gasteiger partial charge in [0.2, 0.25) is 10.0 Å². The van der Waals surface area contributed by atoms with E-state index >= 15 is 0 Å². The molecule has 0 saturated carbocycles. The second kappa shape index (κ2) is 6.96. The van der Waals surface area contributed by atoms with Gasteiger partial charge in [0.05, 0.1) is 18.9 Å². The molecule has 1 aromatic heterocycles. The van der Waals surface area contributed by atoms with Crippen molar-refractivity contribution in [3.05, 3.63) is 48.0 Å². The monoisotopic (exact) mass is 373 g/mol. The van der Waals surface area contributed by atoms with Gasteiger partial charge in [-0.15, -0.1) is 0 Å². The predicted octanol–water partition coefficient (Wildman–Crippen LogP) is 2.13. The van der Waals surface area contributed by atoms with Crippen LogP contribution in [-0.4, -0.2) is 41.9 Å². The van der Waals surface area contributed by atoms with Crippen molar-refractivity contribution in [2.45, 2.75) is 23.8 Å². The number of rotatable bonds is 4. The summed E-state index contributed by atoms with van der Waals surface area (Å²) in [6.07, 6.45) is 2.34. The van der Waals surface area contributed by atoms with Crippen molar-refractivity contribution in [2.24, 2.45) is 0 Å². The van der Waals surface area contributed by atoms with E-state index in [-0.39, 0.29) is 19.1 Å². The normalized spacial score (nSPS) is 18.9. The van der Waals surface area contributed by atoms with Gasteiger partial charge < -0.3 is 4.74 Å². The third-order valence-corrected chi connectivity index (χ3v) is 5.62. The number of piperidine rings is 1. The molecular weight excluding hydrogens is 359 g/mol. The molecule has 1 fully saturated rings. The molecule has 0 bridgehead atoms. The van der Waals surface area contributed by atoms with Gasteiger partial charge in [-0.05, 0) is 25.0 Å². The summed E-state index contributed by atoms with van der Waals surface area (Å²) in [6.45, 7) is 0.142. The average molecular weight is 373 g/mol. The van der Waals surface area contributed by atoms with Gasteiger partial charge in [-0.3, -0.25) is 0 Å². The Bertz CT molecular complexity index is 862. The fourth-order valence-corrected chi connectivity index (χ4v) is 4.11. The molecule has 0 amide bonds. The van der Waals surface area contributed by atoms with Crippen LogP contribution in [0, 0.1) is 17.5 Å². The minimum Gasteiger partial charge on any atom is -0.459 e. The van der Waals surface area contributed by atoms with Crippen LogP contribution >= 0.6 is 0 Å². The summed E-state index contributed by atoms with van der Waals surface area (Å²) in [5, 5.41) is 0. The highest BCUT2D eigenvalue weighted by Crippen LogP contribution is 2.24. The largest absolute Gasteiger partial charge is 0.459 e. The zero-order chi connectivity index (χ0) is 18.0. The molecule has 2 aromatic rings. The molecule has 134 valence electrons. The Morgan fingerprint density at radius 3 is 2.52 bits per heavy atom. The Balaban J connectivity index is 1.76.